The Balaban J connectivity index is 2.05. The molecule has 1 aromatic carbocycles. The van der Waals surface area contributed by atoms with E-state index in [1.807, 2.05) is 0 Å². The number of hydrogen-bond acceptors (Lipinski definition) is 2. The highest BCUT2D eigenvalue weighted by atomic mass is 32.1. The lowest BCUT2D eigenvalue weighted by Crippen LogP contribution is -2.29. The second-order valence-electron chi connectivity index (χ2n) is 5.76. The van der Waals surface area contributed by atoms with E-state index in [2.05, 4.69) is 50.7 Å². The summed E-state index contributed by atoms with van der Waals surface area (Å²) >= 11 is 4.53. The van der Waals surface area contributed by atoms with Gasteiger partial charge in [-0.15, -0.1) is 0 Å². The topological polar surface area (TPSA) is 9.23 Å². The summed E-state index contributed by atoms with van der Waals surface area (Å²) in [4.78, 5) is 0. The Kier molecular flexibility index (Phi) is 5.35. The van der Waals surface area contributed by atoms with Crippen LogP contribution in [0.5, 0.6) is 0 Å². The second kappa shape index (κ2) is 6.81. The molecule has 0 heterocycles. The molecule has 0 saturated carbocycles. The van der Waals surface area contributed by atoms with Gasteiger partial charge in [-0.1, -0.05) is 38.1 Å². The fourth-order valence-electron chi connectivity index (χ4n) is 2.88. The van der Waals surface area contributed by atoms with Crippen molar-refractivity contribution in [1.29, 1.82) is 0 Å². The maximum absolute atomic E-state index is 6.30. The maximum atomic E-state index is 6.30. The van der Waals surface area contributed by atoms with Crippen molar-refractivity contribution in [2.24, 2.45) is 5.41 Å². The minimum absolute atomic E-state index is 0.246. The molecular formula is C17H26OS. The molecule has 1 unspecified atom stereocenters. The molecule has 1 aromatic rings. The number of ether oxygens (including phenoxy) is 1. The zero-order valence-corrected chi connectivity index (χ0v) is 13.1. The van der Waals surface area contributed by atoms with Crippen LogP contribution in [0.25, 0.3) is 0 Å². The van der Waals surface area contributed by atoms with Crippen LogP contribution in [-0.2, 0) is 11.2 Å². The molecular weight excluding hydrogens is 252 g/mol. The second-order valence-corrected chi connectivity index (χ2v) is 6.07. The molecule has 2 rings (SSSR count). The largest absolute Gasteiger partial charge is 0.373 e. The maximum Gasteiger partial charge on any atom is 0.0828 e. The first-order chi connectivity index (χ1) is 9.24. The van der Waals surface area contributed by atoms with Crippen LogP contribution >= 0.6 is 12.6 Å². The van der Waals surface area contributed by atoms with Crippen molar-refractivity contribution in [1.82, 2.24) is 0 Å². The number of fused-ring (bicyclic) bond motifs is 1. The third-order valence-corrected chi connectivity index (χ3v) is 5.41. The molecule has 19 heavy (non-hydrogen) atoms. The van der Waals surface area contributed by atoms with Gasteiger partial charge >= 0.3 is 0 Å². The van der Waals surface area contributed by atoms with Crippen molar-refractivity contribution in [2.45, 2.75) is 52.1 Å². The molecule has 0 bridgehead atoms. The fraction of sp³-hybridized carbons (Fsp3) is 0.647. The minimum atomic E-state index is 0.246. The minimum Gasteiger partial charge on any atom is -0.373 e. The van der Waals surface area contributed by atoms with E-state index < -0.39 is 0 Å². The van der Waals surface area contributed by atoms with E-state index in [1.165, 1.54) is 24.0 Å². The van der Waals surface area contributed by atoms with E-state index in [-0.39, 0.29) is 5.41 Å². The lowest BCUT2D eigenvalue weighted by Gasteiger charge is -2.33. The van der Waals surface area contributed by atoms with Gasteiger partial charge in [0.2, 0.25) is 0 Å². The van der Waals surface area contributed by atoms with Crippen LogP contribution in [0.4, 0.5) is 0 Å². The Morgan fingerprint density at radius 2 is 2.00 bits per heavy atom. The van der Waals surface area contributed by atoms with Crippen LogP contribution in [0.1, 0.15) is 56.8 Å². The van der Waals surface area contributed by atoms with Crippen LogP contribution in [0.2, 0.25) is 0 Å². The Hall–Kier alpha value is -0.470. The van der Waals surface area contributed by atoms with E-state index >= 15 is 0 Å². The van der Waals surface area contributed by atoms with Crippen LogP contribution in [0.15, 0.2) is 24.3 Å². The Bertz CT molecular complexity index is 390. The van der Waals surface area contributed by atoms with Crippen molar-refractivity contribution in [2.75, 3.05) is 12.4 Å². The molecule has 106 valence electrons. The highest BCUT2D eigenvalue weighted by Gasteiger charge is 2.28. The number of thiol groups is 1. The fourth-order valence-corrected chi connectivity index (χ4v) is 3.42. The van der Waals surface area contributed by atoms with Crippen LogP contribution in [-0.4, -0.2) is 12.4 Å². The van der Waals surface area contributed by atoms with Crippen molar-refractivity contribution < 1.29 is 4.74 Å². The number of rotatable bonds is 6. The summed E-state index contributed by atoms with van der Waals surface area (Å²) in [5.41, 5.74) is 3.13. The van der Waals surface area contributed by atoms with Gasteiger partial charge in [-0.25, -0.2) is 0 Å². The summed E-state index contributed by atoms with van der Waals surface area (Å²) in [7, 11) is 0. The van der Waals surface area contributed by atoms with Crippen molar-refractivity contribution in [3.05, 3.63) is 35.4 Å². The van der Waals surface area contributed by atoms with Gasteiger partial charge in [-0.05, 0) is 49.0 Å². The lowest BCUT2D eigenvalue weighted by molar-refractivity contribution is -0.0138. The first-order valence-corrected chi connectivity index (χ1v) is 8.18. The molecule has 1 atom stereocenters. The number of benzene rings is 1. The molecule has 0 spiro atoms. The summed E-state index contributed by atoms with van der Waals surface area (Å²) in [6.07, 6.45) is 6.18. The molecule has 0 aliphatic heterocycles. The third-order valence-electron chi connectivity index (χ3n) is 4.74. The number of hydrogen-bond donors (Lipinski definition) is 1. The highest BCUT2D eigenvalue weighted by Crippen LogP contribution is 2.36. The van der Waals surface area contributed by atoms with E-state index in [0.717, 1.165) is 31.6 Å². The summed E-state index contributed by atoms with van der Waals surface area (Å²) < 4.78 is 6.30. The van der Waals surface area contributed by atoms with Crippen molar-refractivity contribution >= 4 is 12.6 Å². The third kappa shape index (κ3) is 3.35. The van der Waals surface area contributed by atoms with Crippen LogP contribution < -0.4 is 0 Å². The quantitative estimate of drug-likeness (QED) is 0.734. The molecule has 2 heteroatoms. The van der Waals surface area contributed by atoms with Gasteiger partial charge in [0.1, 0.15) is 0 Å². The molecule has 0 fully saturated rings. The number of aryl methyl sites for hydroxylation is 1. The highest BCUT2D eigenvalue weighted by molar-refractivity contribution is 7.80. The molecule has 1 aliphatic rings. The van der Waals surface area contributed by atoms with Crippen molar-refractivity contribution in [3.8, 4) is 0 Å². The molecule has 0 radical (unpaired) electrons. The summed E-state index contributed by atoms with van der Waals surface area (Å²) in [5, 5.41) is 0. The Morgan fingerprint density at radius 3 is 2.68 bits per heavy atom. The zero-order chi connectivity index (χ0) is 13.7. The molecule has 0 saturated heterocycles. The van der Waals surface area contributed by atoms with Gasteiger partial charge in [0.25, 0.3) is 0 Å². The lowest BCUT2D eigenvalue weighted by atomic mass is 9.85. The average molecular weight is 278 g/mol. The molecule has 0 aromatic heterocycles. The van der Waals surface area contributed by atoms with E-state index in [9.17, 15) is 0 Å². The first kappa shape index (κ1) is 14.9. The smallest absolute Gasteiger partial charge is 0.0828 e. The monoisotopic (exact) mass is 278 g/mol. The first-order valence-electron chi connectivity index (χ1n) is 7.55. The molecule has 1 aliphatic carbocycles. The van der Waals surface area contributed by atoms with Gasteiger partial charge in [0.05, 0.1) is 12.7 Å². The van der Waals surface area contributed by atoms with Crippen LogP contribution in [0.3, 0.4) is 0 Å². The van der Waals surface area contributed by atoms with E-state index in [0.29, 0.717) is 6.10 Å². The van der Waals surface area contributed by atoms with Crippen molar-refractivity contribution in [3.63, 3.8) is 0 Å². The summed E-state index contributed by atoms with van der Waals surface area (Å²) in [6.45, 7) is 5.33. The normalized spacial score (nSPS) is 19.2. The predicted molar refractivity (Wildman–Crippen MR) is 84.9 cm³/mol. The SMILES string of the molecule is CCC(CC)(CS)COC1CCCc2ccccc21. The summed E-state index contributed by atoms with van der Waals surface area (Å²) in [5.74, 6) is 0.911. The molecule has 1 nitrogen and oxygen atoms in total. The average Bonchev–Trinajstić information content (AvgIpc) is 2.49. The van der Waals surface area contributed by atoms with E-state index in [1.54, 1.807) is 0 Å². The Labute approximate surface area is 123 Å². The summed E-state index contributed by atoms with van der Waals surface area (Å²) in [6, 6.07) is 8.75. The van der Waals surface area contributed by atoms with E-state index in [4.69, 9.17) is 4.74 Å². The standard InChI is InChI=1S/C17H26OS/c1-3-17(4-2,13-19)12-18-16-11-7-9-14-8-5-6-10-15(14)16/h5-6,8,10,16,19H,3-4,7,9,11-13H2,1-2H3. The predicted octanol–water partition coefficient (Wildman–Crippen LogP) is 4.82. The molecule has 0 amide bonds. The van der Waals surface area contributed by atoms with Crippen LogP contribution in [0, 0.1) is 5.41 Å². The van der Waals surface area contributed by atoms with Gasteiger partial charge in [0, 0.05) is 5.41 Å². The van der Waals surface area contributed by atoms with Gasteiger partial charge in [-0.3, -0.25) is 0 Å². The van der Waals surface area contributed by atoms with Gasteiger partial charge in [-0.2, -0.15) is 12.6 Å². The zero-order valence-electron chi connectivity index (χ0n) is 12.2. The van der Waals surface area contributed by atoms with Gasteiger partial charge in [0.15, 0.2) is 0 Å². The molecule has 0 N–H and O–H groups in total. The Morgan fingerprint density at radius 1 is 1.26 bits per heavy atom. The van der Waals surface area contributed by atoms with Gasteiger partial charge < -0.3 is 4.74 Å².